The maximum absolute atomic E-state index is 12.3. The number of hydrogen-bond acceptors (Lipinski definition) is 4. The Bertz CT molecular complexity index is 1030. The number of benzene rings is 2. The molecule has 1 aliphatic rings. The van der Waals surface area contributed by atoms with E-state index in [1.54, 1.807) is 0 Å². The highest BCUT2D eigenvalue weighted by Crippen LogP contribution is 2.27. The first-order chi connectivity index (χ1) is 15.3. The summed E-state index contributed by atoms with van der Waals surface area (Å²) in [5, 5.41) is 2.97. The van der Waals surface area contributed by atoms with Gasteiger partial charge in [-0.15, -0.1) is 0 Å². The van der Waals surface area contributed by atoms with Crippen LogP contribution in [0.1, 0.15) is 79.6 Å². The smallest absolute Gasteiger partial charge is 0.273 e. The molecule has 5 nitrogen and oxygen atoms in total. The molecule has 2 aromatic carbocycles. The van der Waals surface area contributed by atoms with Crippen LogP contribution in [0.4, 0.5) is 0 Å². The molecule has 3 aromatic rings. The zero-order chi connectivity index (χ0) is 22.7. The fourth-order valence-corrected chi connectivity index (χ4v) is 3.77. The number of nitrogens with zero attached hydrogens (tertiary/aromatic N) is 2. The third kappa shape index (κ3) is 5.65. The average molecular weight is 432 g/mol. The first-order valence-corrected chi connectivity index (χ1v) is 11.4. The summed E-state index contributed by atoms with van der Waals surface area (Å²) in [7, 11) is 0. The number of carbonyl (C=O) groups is 1. The summed E-state index contributed by atoms with van der Waals surface area (Å²) in [6, 6.07) is 19.7. The molecule has 1 fully saturated rings. The fourth-order valence-electron chi connectivity index (χ4n) is 3.77. The zero-order valence-corrected chi connectivity index (χ0v) is 19.5. The Morgan fingerprint density at radius 1 is 1.09 bits per heavy atom. The number of aromatic nitrogens is 1. The van der Waals surface area contributed by atoms with Crippen LogP contribution in [0.2, 0.25) is 0 Å². The molecule has 1 saturated carbocycles. The predicted molar refractivity (Wildman–Crippen MR) is 126 cm³/mol. The third-order valence-electron chi connectivity index (χ3n) is 6.07. The van der Waals surface area contributed by atoms with Crippen LogP contribution in [0.3, 0.4) is 0 Å². The molecule has 1 amide bonds. The lowest BCUT2D eigenvalue weighted by Crippen LogP contribution is -2.27. The van der Waals surface area contributed by atoms with E-state index in [4.69, 9.17) is 4.42 Å². The van der Waals surface area contributed by atoms with Crippen molar-refractivity contribution in [3.63, 3.8) is 0 Å². The van der Waals surface area contributed by atoms with Gasteiger partial charge in [0.1, 0.15) is 6.26 Å². The van der Waals surface area contributed by atoms with Gasteiger partial charge in [-0.1, -0.05) is 75.4 Å². The zero-order valence-electron chi connectivity index (χ0n) is 19.5. The summed E-state index contributed by atoms with van der Waals surface area (Å²) in [5.74, 6) is 0.406. The molecular weight excluding hydrogens is 398 g/mol. The first-order valence-electron chi connectivity index (χ1n) is 11.4. The second kappa shape index (κ2) is 9.29. The van der Waals surface area contributed by atoms with Gasteiger partial charge >= 0.3 is 0 Å². The minimum atomic E-state index is -0.150. The topological polar surface area (TPSA) is 58.4 Å². The van der Waals surface area contributed by atoms with Gasteiger partial charge in [0.25, 0.3) is 5.91 Å². The van der Waals surface area contributed by atoms with E-state index in [0.29, 0.717) is 24.2 Å². The van der Waals surface area contributed by atoms with Gasteiger partial charge in [-0.2, -0.15) is 0 Å². The van der Waals surface area contributed by atoms with Crippen LogP contribution < -0.4 is 5.32 Å². The minimum Gasteiger partial charge on any atom is -0.447 e. The van der Waals surface area contributed by atoms with Crippen molar-refractivity contribution in [2.45, 2.75) is 71.1 Å². The summed E-state index contributed by atoms with van der Waals surface area (Å²) in [5.41, 5.74) is 4.28. The van der Waals surface area contributed by atoms with E-state index in [2.05, 4.69) is 91.4 Å². The van der Waals surface area contributed by atoms with E-state index in [-0.39, 0.29) is 17.4 Å². The van der Waals surface area contributed by atoms with Gasteiger partial charge in [-0.05, 0) is 41.9 Å². The largest absolute Gasteiger partial charge is 0.447 e. The highest BCUT2D eigenvalue weighted by atomic mass is 16.3. The standard InChI is InChI=1S/C27H33N3O2/c1-19(21-8-6-5-7-9-21)30(16-20-10-12-22(13-11-20)27(2,3)4)17-25-29-24(18-32-25)26(31)28-23-14-15-23/h5-13,18-19,23H,14-17H2,1-4H3,(H,28,31). The van der Waals surface area contributed by atoms with E-state index in [0.717, 1.165) is 19.4 Å². The Kier molecular flexibility index (Phi) is 6.47. The van der Waals surface area contributed by atoms with E-state index in [9.17, 15) is 4.79 Å². The van der Waals surface area contributed by atoms with Crippen molar-refractivity contribution < 1.29 is 9.21 Å². The minimum absolute atomic E-state index is 0.130. The molecule has 32 heavy (non-hydrogen) atoms. The molecule has 1 aliphatic carbocycles. The average Bonchev–Trinajstić information content (AvgIpc) is 3.47. The van der Waals surface area contributed by atoms with Crippen LogP contribution in [0.15, 0.2) is 65.3 Å². The summed E-state index contributed by atoms with van der Waals surface area (Å²) in [6.07, 6.45) is 3.57. The molecule has 1 unspecified atom stereocenters. The van der Waals surface area contributed by atoms with Crippen LogP contribution in [-0.4, -0.2) is 21.8 Å². The molecule has 1 atom stereocenters. The summed E-state index contributed by atoms with van der Waals surface area (Å²) < 4.78 is 5.69. The summed E-state index contributed by atoms with van der Waals surface area (Å²) >= 11 is 0. The molecular formula is C27H33N3O2. The lowest BCUT2D eigenvalue weighted by Gasteiger charge is -2.29. The molecule has 168 valence electrons. The normalized spacial score (nSPS) is 15.0. The van der Waals surface area contributed by atoms with Crippen molar-refractivity contribution in [3.8, 4) is 0 Å². The van der Waals surface area contributed by atoms with Crippen LogP contribution in [-0.2, 0) is 18.5 Å². The van der Waals surface area contributed by atoms with E-state index in [1.165, 1.54) is 23.0 Å². The Morgan fingerprint density at radius 2 is 1.78 bits per heavy atom. The summed E-state index contributed by atoms with van der Waals surface area (Å²) in [6.45, 7) is 10.2. The maximum Gasteiger partial charge on any atom is 0.273 e. The highest BCUT2D eigenvalue weighted by Gasteiger charge is 2.26. The predicted octanol–water partition coefficient (Wildman–Crippen LogP) is 5.63. The molecule has 5 heteroatoms. The molecule has 1 aromatic heterocycles. The van der Waals surface area contributed by atoms with Gasteiger partial charge < -0.3 is 9.73 Å². The van der Waals surface area contributed by atoms with Crippen LogP contribution >= 0.6 is 0 Å². The van der Waals surface area contributed by atoms with E-state index >= 15 is 0 Å². The number of oxazole rings is 1. The SMILES string of the molecule is CC(c1ccccc1)N(Cc1ccc(C(C)(C)C)cc1)Cc1nc(C(=O)NC2CC2)co1. The lowest BCUT2D eigenvalue weighted by molar-refractivity contribution is 0.0946. The van der Waals surface area contributed by atoms with Gasteiger partial charge in [0, 0.05) is 18.6 Å². The number of nitrogens with one attached hydrogen (secondary N) is 1. The Morgan fingerprint density at radius 3 is 2.41 bits per heavy atom. The van der Waals surface area contributed by atoms with Gasteiger partial charge in [0.2, 0.25) is 5.89 Å². The van der Waals surface area contributed by atoms with Gasteiger partial charge in [-0.25, -0.2) is 4.98 Å². The fraction of sp³-hybridized carbons (Fsp3) is 0.407. The van der Waals surface area contributed by atoms with Gasteiger partial charge in [-0.3, -0.25) is 9.69 Å². The van der Waals surface area contributed by atoms with Crippen LogP contribution in [0.25, 0.3) is 0 Å². The quantitative estimate of drug-likeness (QED) is 0.502. The number of carbonyl (C=O) groups excluding carboxylic acids is 1. The molecule has 0 bridgehead atoms. The Hall–Kier alpha value is -2.92. The number of rotatable bonds is 8. The molecule has 0 saturated heterocycles. The van der Waals surface area contributed by atoms with Crippen LogP contribution in [0, 0.1) is 0 Å². The molecule has 1 N–H and O–H groups in total. The van der Waals surface area contributed by atoms with Crippen LogP contribution in [0.5, 0.6) is 0 Å². The maximum atomic E-state index is 12.3. The molecule has 1 heterocycles. The highest BCUT2D eigenvalue weighted by molar-refractivity contribution is 5.92. The van der Waals surface area contributed by atoms with E-state index < -0.39 is 0 Å². The Labute approximate surface area is 190 Å². The Balaban J connectivity index is 1.52. The molecule has 0 spiro atoms. The third-order valence-corrected chi connectivity index (χ3v) is 6.07. The molecule has 0 radical (unpaired) electrons. The van der Waals surface area contributed by atoms with Gasteiger partial charge in [0.05, 0.1) is 6.54 Å². The van der Waals surface area contributed by atoms with Crippen molar-refractivity contribution in [1.82, 2.24) is 15.2 Å². The number of amides is 1. The van der Waals surface area contributed by atoms with Crippen molar-refractivity contribution in [3.05, 3.63) is 89.1 Å². The van der Waals surface area contributed by atoms with E-state index in [1.807, 2.05) is 6.07 Å². The van der Waals surface area contributed by atoms with Crippen molar-refractivity contribution in [1.29, 1.82) is 0 Å². The molecule has 0 aliphatic heterocycles. The second-order valence-corrected chi connectivity index (χ2v) is 9.81. The number of hydrogen-bond donors (Lipinski definition) is 1. The van der Waals surface area contributed by atoms with Crippen molar-refractivity contribution >= 4 is 5.91 Å². The summed E-state index contributed by atoms with van der Waals surface area (Å²) in [4.78, 5) is 19.1. The second-order valence-electron chi connectivity index (χ2n) is 9.81. The lowest BCUT2D eigenvalue weighted by atomic mass is 9.86. The molecule has 4 rings (SSSR count). The van der Waals surface area contributed by atoms with Gasteiger partial charge in [0.15, 0.2) is 5.69 Å². The van der Waals surface area contributed by atoms with Crippen molar-refractivity contribution in [2.75, 3.05) is 0 Å². The monoisotopic (exact) mass is 431 g/mol. The first kappa shape index (κ1) is 22.3. The van der Waals surface area contributed by atoms with Crippen molar-refractivity contribution in [2.24, 2.45) is 0 Å².